The number of alkyl halides is 3. The Balaban J connectivity index is 3.24. The Kier molecular flexibility index (Phi) is 4.86. The van der Waals surface area contributed by atoms with E-state index in [9.17, 15) is 8.78 Å². The highest BCUT2D eigenvalue weighted by Crippen LogP contribution is 2.25. The molecule has 6 heteroatoms. The summed E-state index contributed by atoms with van der Waals surface area (Å²) in [5.41, 5.74) is 0.922. The topological polar surface area (TPSA) is 36.7 Å². The summed E-state index contributed by atoms with van der Waals surface area (Å²) in [6.45, 7) is 0. The van der Waals surface area contributed by atoms with E-state index in [2.05, 4.69) is 20.9 Å². The predicted molar refractivity (Wildman–Crippen MR) is 63.9 cm³/mol. The molecule has 15 heavy (non-hydrogen) atoms. The molecule has 0 atom stereocenters. The van der Waals surface area contributed by atoms with Crippen LogP contribution in [-0.2, 0) is 11.8 Å². The van der Waals surface area contributed by atoms with Crippen LogP contribution >= 0.6 is 38.5 Å². The number of rotatable bonds is 3. The highest BCUT2D eigenvalue weighted by Gasteiger charge is 2.16. The smallest absolute Gasteiger partial charge is 0.240 e. The van der Waals surface area contributed by atoms with Gasteiger partial charge < -0.3 is 0 Å². The standard InChI is InChI=1S/C9H6BrF2IN2/c10-4-6-3-5(1-2-14)9(13)15-7(6)8(11)12/h3,8H,1,4H2. The van der Waals surface area contributed by atoms with Gasteiger partial charge in [-0.1, -0.05) is 15.9 Å². The monoisotopic (exact) mass is 386 g/mol. The predicted octanol–water partition coefficient (Wildman–Crippen LogP) is 3.58. The van der Waals surface area contributed by atoms with E-state index in [4.69, 9.17) is 5.26 Å². The SMILES string of the molecule is N#CCc1cc(CBr)c(C(F)F)nc1I. The number of nitriles is 1. The van der Waals surface area contributed by atoms with Crippen LogP contribution in [0.25, 0.3) is 0 Å². The van der Waals surface area contributed by atoms with Crippen LogP contribution in [0, 0.1) is 15.0 Å². The molecular weight excluding hydrogens is 381 g/mol. The van der Waals surface area contributed by atoms with Gasteiger partial charge in [-0.2, -0.15) is 5.26 Å². The minimum absolute atomic E-state index is 0.189. The van der Waals surface area contributed by atoms with Crippen molar-refractivity contribution in [2.75, 3.05) is 0 Å². The van der Waals surface area contributed by atoms with Crippen molar-refractivity contribution in [3.8, 4) is 6.07 Å². The summed E-state index contributed by atoms with van der Waals surface area (Å²) in [5.74, 6) is 0. The summed E-state index contributed by atoms with van der Waals surface area (Å²) in [5, 5.41) is 8.86. The maximum Gasteiger partial charge on any atom is 0.280 e. The molecule has 0 aliphatic rings. The molecule has 1 rings (SSSR count). The van der Waals surface area contributed by atoms with E-state index < -0.39 is 6.43 Å². The number of nitrogens with zero attached hydrogens (tertiary/aromatic N) is 2. The molecule has 2 nitrogen and oxygen atoms in total. The zero-order valence-electron chi connectivity index (χ0n) is 7.48. The molecule has 0 saturated carbocycles. The Hall–Kier alpha value is -0.290. The second-order valence-electron chi connectivity index (χ2n) is 2.75. The molecule has 1 aromatic heterocycles. The van der Waals surface area contributed by atoms with Gasteiger partial charge in [-0.3, -0.25) is 0 Å². The summed E-state index contributed by atoms with van der Waals surface area (Å²) in [6.07, 6.45) is -2.39. The number of hydrogen-bond donors (Lipinski definition) is 0. The average Bonchev–Trinajstić information content (AvgIpc) is 2.20. The van der Waals surface area contributed by atoms with Crippen molar-refractivity contribution in [3.63, 3.8) is 0 Å². The van der Waals surface area contributed by atoms with Crippen LogP contribution in [0.1, 0.15) is 23.2 Å². The number of pyridine rings is 1. The van der Waals surface area contributed by atoms with E-state index in [-0.39, 0.29) is 12.1 Å². The van der Waals surface area contributed by atoms with Gasteiger partial charge in [0.25, 0.3) is 6.43 Å². The lowest BCUT2D eigenvalue weighted by molar-refractivity contribution is 0.145. The van der Waals surface area contributed by atoms with Gasteiger partial charge in [0.1, 0.15) is 9.39 Å². The molecule has 1 heterocycles. The van der Waals surface area contributed by atoms with Crippen molar-refractivity contribution in [3.05, 3.63) is 26.6 Å². The van der Waals surface area contributed by atoms with Gasteiger partial charge in [0.2, 0.25) is 0 Å². The molecule has 0 fully saturated rings. The summed E-state index contributed by atoms with van der Waals surface area (Å²) < 4.78 is 25.6. The van der Waals surface area contributed by atoms with Gasteiger partial charge in [-0.15, -0.1) is 0 Å². The van der Waals surface area contributed by atoms with Crippen molar-refractivity contribution in [2.24, 2.45) is 0 Å². The number of halogens is 4. The van der Waals surface area contributed by atoms with Crippen LogP contribution < -0.4 is 0 Å². The van der Waals surface area contributed by atoms with Crippen LogP contribution in [0.2, 0.25) is 0 Å². The van der Waals surface area contributed by atoms with Crippen molar-refractivity contribution in [2.45, 2.75) is 18.2 Å². The van der Waals surface area contributed by atoms with Crippen molar-refractivity contribution in [1.82, 2.24) is 4.98 Å². The summed E-state index contributed by atoms with van der Waals surface area (Å²) in [6, 6.07) is 3.58. The average molecular weight is 387 g/mol. The second kappa shape index (κ2) is 5.70. The van der Waals surface area contributed by atoms with E-state index in [1.807, 2.05) is 28.7 Å². The Morgan fingerprint density at radius 2 is 2.20 bits per heavy atom. The first-order valence-corrected chi connectivity index (χ1v) is 6.19. The van der Waals surface area contributed by atoms with Crippen LogP contribution in [0.4, 0.5) is 8.78 Å². The lowest BCUT2D eigenvalue weighted by Crippen LogP contribution is -2.02. The number of hydrogen-bond acceptors (Lipinski definition) is 2. The molecule has 0 amide bonds. The molecule has 0 bridgehead atoms. The van der Waals surface area contributed by atoms with Crippen LogP contribution in [-0.4, -0.2) is 4.98 Å². The van der Waals surface area contributed by atoms with Crippen molar-refractivity contribution in [1.29, 1.82) is 5.26 Å². The minimum atomic E-state index is -2.58. The molecule has 0 aliphatic heterocycles. The minimum Gasteiger partial charge on any atom is -0.240 e. The molecule has 0 saturated heterocycles. The van der Waals surface area contributed by atoms with Crippen molar-refractivity contribution >= 4 is 38.5 Å². The fourth-order valence-electron chi connectivity index (χ4n) is 1.10. The van der Waals surface area contributed by atoms with Crippen LogP contribution in [0.5, 0.6) is 0 Å². The second-order valence-corrected chi connectivity index (χ2v) is 4.33. The molecule has 80 valence electrons. The first-order valence-electron chi connectivity index (χ1n) is 3.99. The molecule has 0 aromatic carbocycles. The molecule has 0 spiro atoms. The van der Waals surface area contributed by atoms with Crippen molar-refractivity contribution < 1.29 is 8.78 Å². The molecule has 0 aliphatic carbocycles. The first kappa shape index (κ1) is 12.8. The maximum absolute atomic E-state index is 12.6. The largest absolute Gasteiger partial charge is 0.280 e. The Bertz CT molecular complexity index is 404. The Morgan fingerprint density at radius 1 is 1.53 bits per heavy atom. The fraction of sp³-hybridized carbons (Fsp3) is 0.333. The van der Waals surface area contributed by atoms with E-state index in [1.54, 1.807) is 6.07 Å². The Labute approximate surface area is 108 Å². The van der Waals surface area contributed by atoms with Gasteiger partial charge in [-0.25, -0.2) is 13.8 Å². The molecule has 0 radical (unpaired) electrons. The molecule has 0 N–H and O–H groups in total. The molecule has 1 aromatic rings. The summed E-state index contributed by atoms with van der Waals surface area (Å²) in [7, 11) is 0. The normalized spacial score (nSPS) is 10.4. The van der Waals surface area contributed by atoms with E-state index in [0.717, 1.165) is 0 Å². The third kappa shape index (κ3) is 3.08. The third-order valence-corrected chi connectivity index (χ3v) is 3.32. The van der Waals surface area contributed by atoms with Gasteiger partial charge in [0.15, 0.2) is 0 Å². The van der Waals surface area contributed by atoms with Gasteiger partial charge in [-0.05, 0) is 39.8 Å². The third-order valence-electron chi connectivity index (χ3n) is 1.78. The van der Waals surface area contributed by atoms with Gasteiger partial charge in [0.05, 0.1) is 12.5 Å². The quantitative estimate of drug-likeness (QED) is 0.452. The zero-order chi connectivity index (χ0) is 11.4. The van der Waals surface area contributed by atoms with Crippen LogP contribution in [0.3, 0.4) is 0 Å². The van der Waals surface area contributed by atoms with E-state index >= 15 is 0 Å². The molecule has 0 unspecified atom stereocenters. The highest BCUT2D eigenvalue weighted by molar-refractivity contribution is 14.1. The Morgan fingerprint density at radius 3 is 2.67 bits per heavy atom. The molecular formula is C9H6BrF2IN2. The summed E-state index contributed by atoms with van der Waals surface area (Å²) >= 11 is 4.99. The van der Waals surface area contributed by atoms with E-state index in [0.29, 0.717) is 20.2 Å². The highest BCUT2D eigenvalue weighted by atomic mass is 127. The van der Waals surface area contributed by atoms with Gasteiger partial charge in [0, 0.05) is 5.33 Å². The van der Waals surface area contributed by atoms with E-state index in [1.165, 1.54) is 0 Å². The first-order chi connectivity index (χ1) is 7.10. The fourth-order valence-corrected chi connectivity index (χ4v) is 2.15. The van der Waals surface area contributed by atoms with Crippen LogP contribution in [0.15, 0.2) is 6.07 Å². The lowest BCUT2D eigenvalue weighted by atomic mass is 10.1. The summed E-state index contributed by atoms with van der Waals surface area (Å²) in [4.78, 5) is 3.82. The lowest BCUT2D eigenvalue weighted by Gasteiger charge is -2.08. The number of aromatic nitrogens is 1. The maximum atomic E-state index is 12.6. The van der Waals surface area contributed by atoms with Gasteiger partial charge >= 0.3 is 0 Å². The zero-order valence-corrected chi connectivity index (χ0v) is 11.2.